The van der Waals surface area contributed by atoms with E-state index in [1.807, 2.05) is 24.3 Å². The minimum atomic E-state index is -0.410. The van der Waals surface area contributed by atoms with Gasteiger partial charge in [0, 0.05) is 15.8 Å². The fraction of sp³-hybridized carbons (Fsp3) is 0. The highest BCUT2D eigenvalue weighted by Gasteiger charge is 2.18. The summed E-state index contributed by atoms with van der Waals surface area (Å²) in [7, 11) is 0. The van der Waals surface area contributed by atoms with Crippen molar-refractivity contribution in [2.75, 3.05) is 5.32 Å². The second-order valence-electron chi connectivity index (χ2n) is 6.38. The summed E-state index contributed by atoms with van der Waals surface area (Å²) < 4.78 is 20.6. The monoisotopic (exact) mass is 422 g/mol. The first-order valence-electron chi connectivity index (χ1n) is 8.74. The van der Waals surface area contributed by atoms with E-state index in [2.05, 4.69) is 10.3 Å². The number of amides is 1. The number of nitrogens with one attached hydrogen (secondary N) is 1. The fourth-order valence-corrected chi connectivity index (χ4v) is 4.52. The van der Waals surface area contributed by atoms with E-state index in [1.165, 1.54) is 17.4 Å². The number of nitrogens with zero attached hydrogens (tertiary/aromatic N) is 1. The van der Waals surface area contributed by atoms with Gasteiger partial charge in [0.25, 0.3) is 5.91 Å². The maximum absolute atomic E-state index is 14.0. The van der Waals surface area contributed by atoms with Crippen LogP contribution in [0.3, 0.4) is 0 Å². The van der Waals surface area contributed by atoms with Gasteiger partial charge in [-0.25, -0.2) is 9.37 Å². The number of halogens is 2. The molecule has 2 aromatic heterocycles. The van der Waals surface area contributed by atoms with E-state index in [-0.39, 0.29) is 17.4 Å². The normalized spacial score (nSPS) is 11.2. The molecule has 0 aliphatic carbocycles. The number of carbonyl (C=O) groups excluding carboxylic acids is 1. The van der Waals surface area contributed by atoms with Gasteiger partial charge in [-0.2, -0.15) is 0 Å². The van der Waals surface area contributed by atoms with Gasteiger partial charge in [-0.3, -0.25) is 4.79 Å². The molecule has 0 spiro atoms. The highest BCUT2D eigenvalue weighted by molar-refractivity contribution is 7.21. The molecule has 5 rings (SSSR count). The summed E-state index contributed by atoms with van der Waals surface area (Å²) in [5.74, 6) is -0.519. The van der Waals surface area contributed by atoms with Crippen molar-refractivity contribution in [3.05, 3.63) is 82.4 Å². The largest absolute Gasteiger partial charge is 0.436 e. The minimum absolute atomic E-state index is 0.189. The number of fused-ring (bicyclic) bond motifs is 2. The molecule has 0 fully saturated rings. The maximum Gasteiger partial charge on any atom is 0.267 e. The predicted octanol–water partition coefficient (Wildman–Crippen LogP) is 6.75. The van der Waals surface area contributed by atoms with Gasteiger partial charge in [0.2, 0.25) is 5.89 Å². The summed E-state index contributed by atoms with van der Waals surface area (Å²) in [5.41, 5.74) is 1.85. The van der Waals surface area contributed by atoms with Crippen LogP contribution in [-0.2, 0) is 0 Å². The van der Waals surface area contributed by atoms with E-state index in [9.17, 15) is 9.18 Å². The molecule has 1 N–H and O–H groups in total. The van der Waals surface area contributed by atoms with Crippen LogP contribution in [-0.4, -0.2) is 10.9 Å². The molecular formula is C22H12ClFN2O2S. The number of rotatable bonds is 3. The number of anilines is 1. The van der Waals surface area contributed by atoms with Crippen LogP contribution in [0.1, 0.15) is 9.67 Å². The SMILES string of the molecule is O=C(Nc1ccc2oc(-c3ccccc3F)nc2c1)c1sc2ccccc2c1Cl. The van der Waals surface area contributed by atoms with Crippen LogP contribution in [0, 0.1) is 5.82 Å². The average molecular weight is 423 g/mol. The van der Waals surface area contributed by atoms with Crippen LogP contribution >= 0.6 is 22.9 Å². The molecule has 0 radical (unpaired) electrons. The molecule has 7 heteroatoms. The Morgan fingerprint density at radius 2 is 1.86 bits per heavy atom. The van der Waals surface area contributed by atoms with E-state index in [0.29, 0.717) is 26.7 Å². The number of aromatic nitrogens is 1. The summed E-state index contributed by atoms with van der Waals surface area (Å²) in [6, 6.07) is 19.0. The lowest BCUT2D eigenvalue weighted by Gasteiger charge is -2.03. The Kier molecular flexibility index (Phi) is 4.30. The van der Waals surface area contributed by atoms with E-state index < -0.39 is 5.82 Å². The Morgan fingerprint density at radius 1 is 1.07 bits per heavy atom. The predicted molar refractivity (Wildman–Crippen MR) is 114 cm³/mol. The Morgan fingerprint density at radius 3 is 2.69 bits per heavy atom. The van der Waals surface area contributed by atoms with E-state index >= 15 is 0 Å². The molecule has 0 unspecified atom stereocenters. The third-order valence-corrected chi connectivity index (χ3v) is 6.17. The number of hydrogen-bond acceptors (Lipinski definition) is 4. The second kappa shape index (κ2) is 6.99. The first-order chi connectivity index (χ1) is 14.1. The van der Waals surface area contributed by atoms with Crippen LogP contribution in [0.2, 0.25) is 5.02 Å². The van der Waals surface area contributed by atoms with Crippen molar-refractivity contribution in [1.82, 2.24) is 4.98 Å². The Labute approximate surface area is 173 Å². The molecular weight excluding hydrogens is 411 g/mol. The van der Waals surface area contributed by atoms with Crippen LogP contribution in [0.5, 0.6) is 0 Å². The van der Waals surface area contributed by atoms with Crippen molar-refractivity contribution < 1.29 is 13.6 Å². The fourth-order valence-electron chi connectivity index (χ4n) is 3.10. The average Bonchev–Trinajstić information content (AvgIpc) is 3.29. The van der Waals surface area contributed by atoms with Gasteiger partial charge in [0.15, 0.2) is 5.58 Å². The van der Waals surface area contributed by atoms with Gasteiger partial charge >= 0.3 is 0 Å². The molecule has 4 nitrogen and oxygen atoms in total. The van der Waals surface area contributed by atoms with Crippen molar-refractivity contribution in [3.8, 4) is 11.5 Å². The molecule has 142 valence electrons. The topological polar surface area (TPSA) is 55.1 Å². The molecule has 0 atom stereocenters. The zero-order chi connectivity index (χ0) is 20.0. The van der Waals surface area contributed by atoms with Crippen molar-refractivity contribution in [2.45, 2.75) is 0 Å². The number of carbonyl (C=O) groups is 1. The summed E-state index contributed by atoms with van der Waals surface area (Å²) in [6.07, 6.45) is 0. The van der Waals surface area contributed by atoms with Gasteiger partial charge in [-0.1, -0.05) is 41.9 Å². The standard InChI is InChI=1S/C22H12ClFN2O2S/c23-19-14-6-2-4-8-18(14)29-20(19)21(27)25-12-9-10-17-16(11-12)26-22(28-17)13-5-1-3-7-15(13)24/h1-11H,(H,25,27). The molecule has 3 aromatic carbocycles. The summed E-state index contributed by atoms with van der Waals surface area (Å²) >= 11 is 7.72. The van der Waals surface area contributed by atoms with Gasteiger partial charge in [-0.15, -0.1) is 11.3 Å². The van der Waals surface area contributed by atoms with Crippen LogP contribution in [0.25, 0.3) is 32.6 Å². The number of oxazole rings is 1. The maximum atomic E-state index is 14.0. The van der Waals surface area contributed by atoms with Gasteiger partial charge in [0.05, 0.1) is 10.6 Å². The Balaban J connectivity index is 1.46. The highest BCUT2D eigenvalue weighted by Crippen LogP contribution is 2.36. The number of thiophene rings is 1. The number of benzene rings is 3. The van der Waals surface area contributed by atoms with Crippen LogP contribution in [0.4, 0.5) is 10.1 Å². The third-order valence-electron chi connectivity index (χ3n) is 4.49. The van der Waals surface area contributed by atoms with Crippen molar-refractivity contribution >= 4 is 55.7 Å². The van der Waals surface area contributed by atoms with Crippen molar-refractivity contribution in [2.24, 2.45) is 0 Å². The smallest absolute Gasteiger partial charge is 0.267 e. The molecule has 29 heavy (non-hydrogen) atoms. The third kappa shape index (κ3) is 3.16. The summed E-state index contributed by atoms with van der Waals surface area (Å²) in [5, 5.41) is 4.13. The Bertz CT molecular complexity index is 1390. The summed E-state index contributed by atoms with van der Waals surface area (Å²) in [6.45, 7) is 0. The summed E-state index contributed by atoms with van der Waals surface area (Å²) in [4.78, 5) is 17.5. The van der Waals surface area contributed by atoms with E-state index in [0.717, 1.165) is 10.1 Å². The quantitative estimate of drug-likeness (QED) is 0.349. The van der Waals surface area contributed by atoms with Gasteiger partial charge in [-0.05, 0) is 36.4 Å². The zero-order valence-corrected chi connectivity index (χ0v) is 16.4. The van der Waals surface area contributed by atoms with Gasteiger partial charge in [0.1, 0.15) is 16.2 Å². The molecule has 0 aliphatic rings. The van der Waals surface area contributed by atoms with Crippen LogP contribution in [0.15, 0.2) is 71.1 Å². The van der Waals surface area contributed by atoms with Crippen molar-refractivity contribution in [3.63, 3.8) is 0 Å². The number of hydrogen-bond donors (Lipinski definition) is 1. The van der Waals surface area contributed by atoms with Gasteiger partial charge < -0.3 is 9.73 Å². The van der Waals surface area contributed by atoms with Crippen LogP contribution < -0.4 is 5.32 Å². The van der Waals surface area contributed by atoms with Crippen molar-refractivity contribution in [1.29, 1.82) is 0 Å². The molecule has 0 bridgehead atoms. The second-order valence-corrected chi connectivity index (χ2v) is 7.81. The molecule has 0 saturated carbocycles. The first-order valence-corrected chi connectivity index (χ1v) is 9.93. The highest BCUT2D eigenvalue weighted by atomic mass is 35.5. The molecule has 5 aromatic rings. The molecule has 0 saturated heterocycles. The molecule has 0 aliphatic heterocycles. The Hall–Kier alpha value is -3.22. The zero-order valence-electron chi connectivity index (χ0n) is 14.8. The minimum Gasteiger partial charge on any atom is -0.436 e. The van der Waals surface area contributed by atoms with E-state index in [4.69, 9.17) is 16.0 Å². The van der Waals surface area contributed by atoms with E-state index in [1.54, 1.807) is 36.4 Å². The molecule has 2 heterocycles. The lowest BCUT2D eigenvalue weighted by atomic mass is 10.2. The first kappa shape index (κ1) is 17.8. The lowest BCUT2D eigenvalue weighted by Crippen LogP contribution is -2.10. The lowest BCUT2D eigenvalue weighted by molar-refractivity contribution is 0.103. The molecule has 1 amide bonds.